The number of carbonyl (C=O) groups excluding carboxylic acids is 2. The molecular weight excluding hydrogens is 264 g/mol. The summed E-state index contributed by atoms with van der Waals surface area (Å²) in [4.78, 5) is 23.3. The fraction of sp³-hybridized carbons (Fsp3) is 0.846. The molecule has 1 aliphatic carbocycles. The van der Waals surface area contributed by atoms with Gasteiger partial charge in [-0.3, -0.25) is 10.1 Å². The topological polar surface area (TPSA) is 85.9 Å². The van der Waals surface area contributed by atoms with Gasteiger partial charge in [0.25, 0.3) is 0 Å². The lowest BCUT2D eigenvalue weighted by Gasteiger charge is -2.48. The highest BCUT2D eigenvalue weighted by molar-refractivity contribution is 5.98. The number of rotatable bonds is 2. The van der Waals surface area contributed by atoms with Gasteiger partial charge in [-0.1, -0.05) is 0 Å². The van der Waals surface area contributed by atoms with E-state index in [2.05, 4.69) is 10.6 Å². The predicted octanol–water partition coefficient (Wildman–Crippen LogP) is -0.00300. The first-order valence-corrected chi connectivity index (χ1v) is 6.94. The smallest absolute Gasteiger partial charge is 0.323 e. The third kappa shape index (κ3) is 2.30. The maximum atomic E-state index is 11.9. The minimum atomic E-state index is -0.536. The number of urea groups is 1. The van der Waals surface area contributed by atoms with E-state index in [0.29, 0.717) is 6.42 Å². The zero-order chi connectivity index (χ0) is 14.3. The summed E-state index contributed by atoms with van der Waals surface area (Å²) in [5, 5.41) is 4.97. The van der Waals surface area contributed by atoms with Crippen LogP contribution in [-0.4, -0.2) is 50.7 Å². The Balaban J connectivity index is 1.78. The first-order chi connectivity index (χ1) is 9.62. The average Bonchev–Trinajstić information content (AvgIpc) is 2.44. The van der Waals surface area contributed by atoms with Crippen LogP contribution in [0.1, 0.15) is 19.3 Å². The maximum Gasteiger partial charge on any atom is 0.323 e. The second-order valence-corrected chi connectivity index (χ2v) is 5.67. The average molecular weight is 284 g/mol. The molecule has 0 aromatic rings. The number of hydrogen-bond donors (Lipinski definition) is 2. The van der Waals surface area contributed by atoms with Gasteiger partial charge in [0.1, 0.15) is 6.23 Å². The number of ether oxygens (including phenoxy) is 3. The summed E-state index contributed by atoms with van der Waals surface area (Å²) in [7, 11) is 3.35. The molecule has 1 saturated carbocycles. The van der Waals surface area contributed by atoms with Crippen molar-refractivity contribution < 1.29 is 23.8 Å². The minimum Gasteiger partial charge on any atom is -0.381 e. The highest BCUT2D eigenvalue weighted by Crippen LogP contribution is 2.40. The molecule has 2 heterocycles. The van der Waals surface area contributed by atoms with E-state index in [0.717, 1.165) is 12.8 Å². The molecule has 6 atom stereocenters. The number of hydrogen-bond acceptors (Lipinski definition) is 5. The third-order valence-electron chi connectivity index (χ3n) is 4.64. The lowest BCUT2D eigenvalue weighted by atomic mass is 9.74. The Hall–Kier alpha value is -1.18. The van der Waals surface area contributed by atoms with Crippen LogP contribution < -0.4 is 10.6 Å². The van der Waals surface area contributed by atoms with Crippen molar-refractivity contribution >= 4 is 11.9 Å². The van der Waals surface area contributed by atoms with Crippen LogP contribution in [0.15, 0.2) is 0 Å². The van der Waals surface area contributed by atoms with E-state index in [-0.39, 0.29) is 36.1 Å². The van der Waals surface area contributed by atoms with Gasteiger partial charge in [-0.15, -0.1) is 0 Å². The molecule has 7 nitrogen and oxygen atoms in total. The molecule has 20 heavy (non-hydrogen) atoms. The fourth-order valence-electron chi connectivity index (χ4n) is 3.58. The molecule has 3 rings (SSSR count). The van der Waals surface area contributed by atoms with E-state index >= 15 is 0 Å². The van der Waals surface area contributed by atoms with E-state index in [4.69, 9.17) is 14.2 Å². The summed E-state index contributed by atoms with van der Waals surface area (Å²) in [6, 6.07) is -0.489. The summed E-state index contributed by atoms with van der Waals surface area (Å²) < 4.78 is 16.9. The standard InChI is InChI=1S/C13H20N2O5/c1-18-6-3-9(19-2)7-5-8-11(16)14-13(17)15-12(8)20-10(7)4-6/h6-10,12H,3-5H2,1-2H3,(H2,14,15,16,17). The van der Waals surface area contributed by atoms with E-state index in [1.807, 2.05) is 0 Å². The summed E-state index contributed by atoms with van der Waals surface area (Å²) in [5.74, 6) is -0.444. The molecule has 7 heteroatoms. The van der Waals surface area contributed by atoms with Crippen molar-refractivity contribution in [3.05, 3.63) is 0 Å². The Kier molecular flexibility index (Phi) is 3.66. The minimum absolute atomic E-state index is 0.0186. The molecule has 0 radical (unpaired) electrons. The number of methoxy groups -OCH3 is 2. The van der Waals surface area contributed by atoms with Crippen LogP contribution in [0, 0.1) is 11.8 Å². The van der Waals surface area contributed by atoms with Gasteiger partial charge < -0.3 is 19.5 Å². The monoisotopic (exact) mass is 284 g/mol. The van der Waals surface area contributed by atoms with Crippen molar-refractivity contribution in [3.63, 3.8) is 0 Å². The van der Waals surface area contributed by atoms with Gasteiger partial charge in [0.15, 0.2) is 0 Å². The van der Waals surface area contributed by atoms with Crippen LogP contribution in [0.3, 0.4) is 0 Å². The number of nitrogens with one attached hydrogen (secondary N) is 2. The second kappa shape index (κ2) is 5.31. The Bertz CT molecular complexity index is 416. The maximum absolute atomic E-state index is 11.9. The number of carbonyl (C=O) groups is 2. The van der Waals surface area contributed by atoms with Crippen molar-refractivity contribution in [2.24, 2.45) is 11.8 Å². The molecule has 0 aromatic heterocycles. The molecule has 6 unspecified atom stereocenters. The first kappa shape index (κ1) is 13.8. The summed E-state index contributed by atoms with van der Waals surface area (Å²) in [6.07, 6.45) is 1.76. The molecule has 3 fully saturated rings. The fourth-order valence-corrected chi connectivity index (χ4v) is 3.58. The van der Waals surface area contributed by atoms with Crippen LogP contribution in [0.5, 0.6) is 0 Å². The largest absolute Gasteiger partial charge is 0.381 e. The van der Waals surface area contributed by atoms with Crippen LogP contribution >= 0.6 is 0 Å². The Morgan fingerprint density at radius 1 is 1.15 bits per heavy atom. The third-order valence-corrected chi connectivity index (χ3v) is 4.64. The van der Waals surface area contributed by atoms with E-state index in [1.54, 1.807) is 14.2 Å². The van der Waals surface area contributed by atoms with Gasteiger partial charge in [-0.2, -0.15) is 0 Å². The van der Waals surface area contributed by atoms with Crippen molar-refractivity contribution in [1.82, 2.24) is 10.6 Å². The highest BCUT2D eigenvalue weighted by Gasteiger charge is 2.50. The molecule has 0 aromatic carbocycles. The molecule has 112 valence electrons. The van der Waals surface area contributed by atoms with Crippen molar-refractivity contribution in [2.75, 3.05) is 14.2 Å². The van der Waals surface area contributed by atoms with Crippen molar-refractivity contribution in [2.45, 2.75) is 43.8 Å². The van der Waals surface area contributed by atoms with Crippen molar-refractivity contribution in [1.29, 1.82) is 0 Å². The molecule has 2 aliphatic heterocycles. The normalized spacial score (nSPS) is 44.1. The summed E-state index contributed by atoms with van der Waals surface area (Å²) in [5.41, 5.74) is 0. The first-order valence-electron chi connectivity index (χ1n) is 6.94. The zero-order valence-electron chi connectivity index (χ0n) is 11.6. The number of amides is 3. The van der Waals surface area contributed by atoms with Gasteiger partial charge in [-0.25, -0.2) is 4.79 Å². The lowest BCUT2D eigenvalue weighted by molar-refractivity contribution is -0.195. The van der Waals surface area contributed by atoms with E-state index in [1.165, 1.54) is 0 Å². The van der Waals surface area contributed by atoms with Crippen molar-refractivity contribution in [3.8, 4) is 0 Å². The summed E-state index contributed by atoms with van der Waals surface area (Å²) >= 11 is 0. The lowest BCUT2D eigenvalue weighted by Crippen LogP contribution is -2.64. The quantitative estimate of drug-likeness (QED) is 0.745. The Labute approximate surface area is 117 Å². The molecule has 2 saturated heterocycles. The van der Waals surface area contributed by atoms with Crippen LogP contribution in [0.2, 0.25) is 0 Å². The highest BCUT2D eigenvalue weighted by atomic mass is 16.5. The van der Waals surface area contributed by atoms with Gasteiger partial charge >= 0.3 is 6.03 Å². The summed E-state index contributed by atoms with van der Waals surface area (Å²) in [6.45, 7) is 0. The molecule has 2 N–H and O–H groups in total. The zero-order valence-corrected chi connectivity index (χ0v) is 11.6. The molecular formula is C13H20N2O5. The SMILES string of the molecule is COC1CC(OC)C2CC3C(=O)NC(=O)NC3OC2C1. The molecule has 3 amide bonds. The Morgan fingerprint density at radius 3 is 2.65 bits per heavy atom. The van der Waals surface area contributed by atoms with Gasteiger partial charge in [0, 0.05) is 33.0 Å². The molecule has 0 bridgehead atoms. The van der Waals surface area contributed by atoms with Gasteiger partial charge in [-0.05, 0) is 6.42 Å². The number of imide groups is 1. The predicted molar refractivity (Wildman–Crippen MR) is 67.8 cm³/mol. The van der Waals surface area contributed by atoms with Crippen LogP contribution in [0.4, 0.5) is 4.79 Å². The van der Waals surface area contributed by atoms with Crippen LogP contribution in [0.25, 0.3) is 0 Å². The van der Waals surface area contributed by atoms with Gasteiger partial charge in [0.05, 0.1) is 24.2 Å². The molecule has 3 aliphatic rings. The van der Waals surface area contributed by atoms with Crippen LogP contribution in [-0.2, 0) is 19.0 Å². The van der Waals surface area contributed by atoms with Gasteiger partial charge in [0.2, 0.25) is 5.91 Å². The Morgan fingerprint density at radius 2 is 1.95 bits per heavy atom. The van der Waals surface area contributed by atoms with E-state index in [9.17, 15) is 9.59 Å². The number of fused-ring (bicyclic) bond motifs is 2. The van der Waals surface area contributed by atoms with E-state index < -0.39 is 12.3 Å². The second-order valence-electron chi connectivity index (χ2n) is 5.67. The molecule has 0 spiro atoms.